The molecular weight excluding hydrogens is 737 g/mol. The third kappa shape index (κ3) is 6.15. The molecule has 0 spiro atoms. The molecule has 10 aromatic rings. The molecule has 2 N–H and O–H groups in total. The van der Waals surface area contributed by atoms with Crippen LogP contribution in [0.4, 0.5) is 22.7 Å². The molecule has 0 atom stereocenters. The van der Waals surface area contributed by atoms with E-state index in [1.807, 2.05) is 60.3 Å². The van der Waals surface area contributed by atoms with E-state index in [-0.39, 0.29) is 0 Å². The molecule has 1 aliphatic heterocycles. The molecule has 11 rings (SSSR count). The maximum atomic E-state index is 9.09. The van der Waals surface area contributed by atoms with Crippen molar-refractivity contribution in [2.24, 2.45) is 0 Å². The van der Waals surface area contributed by atoms with Crippen LogP contribution in [0.25, 0.3) is 54.8 Å². The van der Waals surface area contributed by atoms with E-state index in [1.54, 1.807) is 0 Å². The number of hydrogen-bond acceptors (Lipinski definition) is 4. The first kappa shape index (κ1) is 34.9. The maximum absolute atomic E-state index is 9.09. The first-order chi connectivity index (χ1) is 29.2. The molecule has 0 bridgehead atoms. The van der Waals surface area contributed by atoms with Crippen LogP contribution in [-0.2, 0) is 6.67 Å². The minimum Gasteiger partial charge on any atom is -0.367 e. The van der Waals surface area contributed by atoms with Crippen molar-refractivity contribution in [2.45, 2.75) is 16.5 Å². The van der Waals surface area contributed by atoms with E-state index in [4.69, 9.17) is 5.41 Å². The van der Waals surface area contributed by atoms with Crippen molar-refractivity contribution in [1.29, 1.82) is 5.41 Å². The Bertz CT molecular complexity index is 3220. The molecule has 0 saturated heterocycles. The summed E-state index contributed by atoms with van der Waals surface area (Å²) in [5.74, 6) is 0. The van der Waals surface area contributed by atoms with Crippen LogP contribution >= 0.6 is 11.8 Å². The average Bonchev–Trinajstić information content (AvgIpc) is 3.63. The number of anilines is 4. The maximum Gasteiger partial charge on any atom is 0.0926 e. The Hall–Kier alpha value is -7.34. The zero-order chi connectivity index (χ0) is 39.3. The van der Waals surface area contributed by atoms with Gasteiger partial charge < -0.3 is 14.8 Å². The van der Waals surface area contributed by atoms with Crippen LogP contribution in [0.15, 0.2) is 216 Å². The molecule has 0 unspecified atom stereocenters. The summed E-state index contributed by atoms with van der Waals surface area (Å²) in [7, 11) is 0. The van der Waals surface area contributed by atoms with Gasteiger partial charge in [0.2, 0.25) is 0 Å². The molecule has 59 heavy (non-hydrogen) atoms. The standard InChI is InChI=1S/C54H38N4S/c55-54(37-15-3-1-4-16-37)44-22-9-10-23-46(44)56-35-57-48-30-27-36-14-7-8-21-43(36)53(48)45-29-26-40(33-49(45)57)38-17-13-18-39(32-38)41-28-31-52-50(34-41)58(42-19-5-2-6-20-42)47-24-11-12-25-51(47)59-52/h1-34,55-56H,35H2. The first-order valence-corrected chi connectivity index (χ1v) is 20.8. The van der Waals surface area contributed by atoms with E-state index in [0.29, 0.717) is 12.4 Å². The van der Waals surface area contributed by atoms with Crippen molar-refractivity contribution in [3.8, 4) is 22.3 Å². The fraction of sp³-hybridized carbons (Fsp3) is 0.0185. The van der Waals surface area contributed by atoms with E-state index in [0.717, 1.165) is 39.1 Å². The lowest BCUT2D eigenvalue weighted by atomic mass is 9.97. The zero-order valence-electron chi connectivity index (χ0n) is 32.1. The third-order valence-corrected chi connectivity index (χ3v) is 12.6. The molecule has 0 fully saturated rings. The highest BCUT2D eigenvalue weighted by atomic mass is 32.2. The van der Waals surface area contributed by atoms with Gasteiger partial charge >= 0.3 is 0 Å². The highest BCUT2D eigenvalue weighted by molar-refractivity contribution is 7.99. The number of rotatable bonds is 8. The summed E-state index contributed by atoms with van der Waals surface area (Å²) in [5.41, 5.74) is 13.7. The normalized spacial score (nSPS) is 12.1. The van der Waals surface area contributed by atoms with Gasteiger partial charge in [0.1, 0.15) is 0 Å². The second-order valence-electron chi connectivity index (χ2n) is 15.0. The summed E-state index contributed by atoms with van der Waals surface area (Å²) in [6.07, 6.45) is 0. The number of aromatic nitrogens is 1. The van der Waals surface area contributed by atoms with Gasteiger partial charge in [-0.15, -0.1) is 0 Å². The van der Waals surface area contributed by atoms with Gasteiger partial charge in [-0.25, -0.2) is 0 Å². The number of fused-ring (bicyclic) bond motifs is 7. The summed E-state index contributed by atoms with van der Waals surface area (Å²) in [4.78, 5) is 4.89. The van der Waals surface area contributed by atoms with E-state index in [1.165, 1.54) is 59.4 Å². The minimum atomic E-state index is 0.499. The van der Waals surface area contributed by atoms with Crippen molar-refractivity contribution in [1.82, 2.24) is 4.57 Å². The lowest BCUT2D eigenvalue weighted by Gasteiger charge is -2.33. The largest absolute Gasteiger partial charge is 0.367 e. The summed E-state index contributed by atoms with van der Waals surface area (Å²) < 4.78 is 2.39. The topological polar surface area (TPSA) is 44.1 Å². The zero-order valence-corrected chi connectivity index (χ0v) is 33.0. The van der Waals surface area contributed by atoms with Crippen LogP contribution in [0.1, 0.15) is 11.1 Å². The Morgan fingerprint density at radius 2 is 1.17 bits per heavy atom. The van der Waals surface area contributed by atoms with Crippen molar-refractivity contribution >= 4 is 72.8 Å². The molecule has 9 aromatic carbocycles. The number of benzene rings is 9. The predicted molar refractivity (Wildman–Crippen MR) is 249 cm³/mol. The van der Waals surface area contributed by atoms with Gasteiger partial charge in [0.25, 0.3) is 0 Å². The minimum absolute atomic E-state index is 0.499. The van der Waals surface area contributed by atoms with Crippen molar-refractivity contribution in [3.63, 3.8) is 0 Å². The van der Waals surface area contributed by atoms with E-state index in [9.17, 15) is 0 Å². The molecule has 0 saturated carbocycles. The van der Waals surface area contributed by atoms with Gasteiger partial charge in [0, 0.05) is 43.1 Å². The Morgan fingerprint density at radius 3 is 2.03 bits per heavy atom. The lowest BCUT2D eigenvalue weighted by Crippen LogP contribution is -2.14. The molecule has 0 radical (unpaired) electrons. The Morgan fingerprint density at radius 1 is 0.492 bits per heavy atom. The fourth-order valence-corrected chi connectivity index (χ4v) is 9.70. The van der Waals surface area contributed by atoms with Gasteiger partial charge in [-0.2, -0.15) is 0 Å². The molecule has 1 aromatic heterocycles. The van der Waals surface area contributed by atoms with Crippen molar-refractivity contribution in [3.05, 3.63) is 217 Å². The van der Waals surface area contributed by atoms with E-state index >= 15 is 0 Å². The second-order valence-corrected chi connectivity index (χ2v) is 16.1. The van der Waals surface area contributed by atoms with Crippen LogP contribution in [0.3, 0.4) is 0 Å². The molecule has 4 nitrogen and oxygen atoms in total. The molecule has 280 valence electrons. The number of para-hydroxylation sites is 3. The van der Waals surface area contributed by atoms with Crippen LogP contribution in [0.5, 0.6) is 0 Å². The van der Waals surface area contributed by atoms with Gasteiger partial charge in [-0.05, 0) is 93.7 Å². The Balaban J connectivity index is 0.997. The number of nitrogens with zero attached hydrogens (tertiary/aromatic N) is 2. The number of nitrogens with one attached hydrogen (secondary N) is 2. The third-order valence-electron chi connectivity index (χ3n) is 11.5. The molecule has 0 amide bonds. The predicted octanol–water partition coefficient (Wildman–Crippen LogP) is 14.7. The van der Waals surface area contributed by atoms with Crippen LogP contribution in [-0.4, -0.2) is 10.3 Å². The second kappa shape index (κ2) is 14.6. The average molecular weight is 775 g/mol. The van der Waals surface area contributed by atoms with Crippen molar-refractivity contribution < 1.29 is 0 Å². The monoisotopic (exact) mass is 774 g/mol. The van der Waals surface area contributed by atoms with Crippen molar-refractivity contribution in [2.75, 3.05) is 10.2 Å². The smallest absolute Gasteiger partial charge is 0.0926 e. The van der Waals surface area contributed by atoms with Crippen LogP contribution in [0.2, 0.25) is 0 Å². The van der Waals surface area contributed by atoms with Gasteiger partial charge in [-0.3, -0.25) is 5.41 Å². The van der Waals surface area contributed by atoms with Gasteiger partial charge in [0.15, 0.2) is 0 Å². The summed E-state index contributed by atoms with van der Waals surface area (Å²) in [6.45, 7) is 0.537. The molecule has 1 aliphatic rings. The summed E-state index contributed by atoms with van der Waals surface area (Å²) in [5, 5.41) is 17.8. The lowest BCUT2D eigenvalue weighted by molar-refractivity contribution is 0.841. The number of hydrogen-bond donors (Lipinski definition) is 2. The fourth-order valence-electron chi connectivity index (χ4n) is 8.66. The van der Waals surface area contributed by atoms with E-state index < -0.39 is 0 Å². The molecular formula is C54H38N4S. The Kier molecular flexibility index (Phi) is 8.60. The highest BCUT2D eigenvalue weighted by Crippen LogP contribution is 2.52. The van der Waals surface area contributed by atoms with Crippen LogP contribution < -0.4 is 10.2 Å². The summed E-state index contributed by atoms with van der Waals surface area (Å²) in [6, 6.07) is 73.3. The van der Waals surface area contributed by atoms with Crippen LogP contribution in [0, 0.1) is 5.41 Å². The highest BCUT2D eigenvalue weighted by Gasteiger charge is 2.25. The molecule has 5 heteroatoms. The van der Waals surface area contributed by atoms with Gasteiger partial charge in [-0.1, -0.05) is 157 Å². The van der Waals surface area contributed by atoms with Gasteiger partial charge in [0.05, 0.1) is 34.8 Å². The molecule has 0 aliphatic carbocycles. The van der Waals surface area contributed by atoms with E-state index in [2.05, 4.69) is 173 Å². The first-order valence-electron chi connectivity index (χ1n) is 20.0. The SMILES string of the molecule is N=C(c1ccccc1)c1ccccc1NCn1c2cc(-c3cccc(-c4ccc5c(c4)N(c4ccccc4)c4ccccc4S5)c3)ccc2c2c3ccccc3ccc21. The molecule has 2 heterocycles. The Labute approximate surface area is 347 Å². The summed E-state index contributed by atoms with van der Waals surface area (Å²) >= 11 is 1.83. The quantitative estimate of drug-likeness (QED) is 0.151.